The predicted molar refractivity (Wildman–Crippen MR) is 153 cm³/mol. The number of carbonyl (C=O) groups is 2. The molecule has 9 heteroatoms. The largest absolute Gasteiger partial charge is 0.444 e. The summed E-state index contributed by atoms with van der Waals surface area (Å²) in [4.78, 5) is 40.9. The molecule has 210 valence electrons. The summed E-state index contributed by atoms with van der Waals surface area (Å²) in [5.74, 6) is 1.53. The first-order chi connectivity index (χ1) is 18.4. The van der Waals surface area contributed by atoms with Crippen LogP contribution in [0.2, 0.25) is 0 Å². The Labute approximate surface area is 231 Å². The number of amides is 2. The van der Waals surface area contributed by atoms with E-state index >= 15 is 0 Å². The van der Waals surface area contributed by atoms with Crippen LogP contribution in [-0.2, 0) is 9.53 Å². The molecular weight excluding hydrogens is 492 g/mol. The molecular formula is C30H42N6O3. The number of nitrogens with one attached hydrogen (secondary N) is 1. The minimum absolute atomic E-state index is 0.00766. The molecule has 0 bridgehead atoms. The number of nitrogens with zero attached hydrogens (tertiary/aromatic N) is 5. The average Bonchev–Trinajstić information content (AvgIpc) is 3.70. The van der Waals surface area contributed by atoms with Gasteiger partial charge in [0.15, 0.2) is 0 Å². The van der Waals surface area contributed by atoms with Crippen molar-refractivity contribution in [2.24, 2.45) is 11.8 Å². The highest BCUT2D eigenvalue weighted by atomic mass is 16.6. The van der Waals surface area contributed by atoms with Gasteiger partial charge in [0.25, 0.3) is 0 Å². The molecule has 5 rings (SSSR count). The van der Waals surface area contributed by atoms with Gasteiger partial charge in [-0.2, -0.15) is 0 Å². The number of aromatic nitrogens is 2. The first-order valence-electron chi connectivity index (χ1n) is 14.2. The van der Waals surface area contributed by atoms with Crippen molar-refractivity contribution in [1.82, 2.24) is 14.9 Å². The predicted octanol–water partition coefficient (Wildman–Crippen LogP) is 5.17. The highest BCUT2D eigenvalue weighted by molar-refractivity contribution is 5.94. The van der Waals surface area contributed by atoms with Gasteiger partial charge >= 0.3 is 6.09 Å². The lowest BCUT2D eigenvalue weighted by molar-refractivity contribution is -0.117. The molecule has 3 heterocycles. The maximum absolute atomic E-state index is 13.0. The van der Waals surface area contributed by atoms with Crippen molar-refractivity contribution in [1.29, 1.82) is 0 Å². The molecule has 0 radical (unpaired) electrons. The van der Waals surface area contributed by atoms with Crippen LogP contribution in [-0.4, -0.2) is 64.2 Å². The van der Waals surface area contributed by atoms with Gasteiger partial charge in [0.05, 0.1) is 24.1 Å². The Balaban J connectivity index is 1.45. The maximum atomic E-state index is 13.0. The minimum atomic E-state index is -0.520. The van der Waals surface area contributed by atoms with E-state index in [1.165, 1.54) is 0 Å². The fraction of sp³-hybridized carbons (Fsp3) is 0.600. The summed E-state index contributed by atoms with van der Waals surface area (Å²) in [5.41, 5.74) is 3.51. The third-order valence-electron chi connectivity index (χ3n) is 8.12. The lowest BCUT2D eigenvalue weighted by atomic mass is 9.79. The molecule has 1 aromatic carbocycles. The normalized spacial score (nSPS) is 25.3. The van der Waals surface area contributed by atoms with E-state index in [9.17, 15) is 9.59 Å². The van der Waals surface area contributed by atoms with E-state index in [1.807, 2.05) is 37.5 Å². The summed E-state index contributed by atoms with van der Waals surface area (Å²) < 4.78 is 5.63. The Morgan fingerprint density at radius 1 is 1.08 bits per heavy atom. The number of anilines is 3. The summed E-state index contributed by atoms with van der Waals surface area (Å²) in [5, 5.41) is 3.67. The van der Waals surface area contributed by atoms with Crippen LogP contribution in [0.4, 0.5) is 22.0 Å². The molecule has 2 amide bonds. The number of rotatable bonds is 4. The lowest BCUT2D eigenvalue weighted by Gasteiger charge is -2.46. The second-order valence-corrected chi connectivity index (χ2v) is 12.5. The number of aryl methyl sites for hydroxylation is 1. The monoisotopic (exact) mass is 534 g/mol. The highest BCUT2D eigenvalue weighted by Crippen LogP contribution is 2.50. The summed E-state index contributed by atoms with van der Waals surface area (Å²) in [7, 11) is 0. The first kappa shape index (κ1) is 27.2. The van der Waals surface area contributed by atoms with Crippen molar-refractivity contribution in [2.45, 2.75) is 85.0 Å². The summed E-state index contributed by atoms with van der Waals surface area (Å²) in [6, 6.07) is 6.59. The summed E-state index contributed by atoms with van der Waals surface area (Å²) in [6.07, 6.45) is 5.61. The van der Waals surface area contributed by atoms with Crippen LogP contribution in [0, 0.1) is 18.8 Å². The molecule has 0 unspecified atom stereocenters. The van der Waals surface area contributed by atoms with Crippen LogP contribution in [0.1, 0.15) is 71.7 Å². The Kier molecular flexibility index (Phi) is 7.20. The second kappa shape index (κ2) is 10.3. The van der Waals surface area contributed by atoms with Gasteiger partial charge < -0.3 is 24.8 Å². The van der Waals surface area contributed by atoms with Crippen molar-refractivity contribution in [2.75, 3.05) is 34.8 Å². The molecule has 9 nitrogen and oxygen atoms in total. The van der Waals surface area contributed by atoms with Crippen molar-refractivity contribution in [3.8, 4) is 0 Å². The van der Waals surface area contributed by atoms with Crippen LogP contribution < -0.4 is 15.1 Å². The van der Waals surface area contributed by atoms with Crippen molar-refractivity contribution in [3.63, 3.8) is 0 Å². The fourth-order valence-corrected chi connectivity index (χ4v) is 6.16. The average molecular weight is 535 g/mol. The zero-order valence-electron chi connectivity index (χ0n) is 24.3. The quantitative estimate of drug-likeness (QED) is 0.579. The molecule has 3 aliphatic rings. The van der Waals surface area contributed by atoms with Crippen LogP contribution in [0.25, 0.3) is 0 Å². The Morgan fingerprint density at radius 2 is 1.82 bits per heavy atom. The molecule has 1 N–H and O–H groups in total. The van der Waals surface area contributed by atoms with E-state index in [-0.39, 0.29) is 36.0 Å². The third kappa shape index (κ3) is 5.68. The molecule has 1 saturated carbocycles. The molecule has 0 spiro atoms. The van der Waals surface area contributed by atoms with Crippen molar-refractivity contribution < 1.29 is 14.3 Å². The third-order valence-corrected chi connectivity index (χ3v) is 8.12. The Bertz CT molecular complexity index is 1220. The number of piperazine rings is 1. The SMILES string of the molecule is CC(=O)N1c2ccc(N3CCN(C(=O)OC(C)(C)C)[C@@H](C)C3)cc2[C@H](Nc2cnc(C)cn2)[C@@H](C)[C@@H]1C1CC1. The number of fused-ring (bicyclic) bond motifs is 1. The maximum Gasteiger partial charge on any atom is 0.410 e. The van der Waals surface area contributed by atoms with Gasteiger partial charge in [-0.3, -0.25) is 9.78 Å². The number of ether oxygens (including phenoxy) is 1. The van der Waals surface area contributed by atoms with E-state index < -0.39 is 5.60 Å². The van der Waals surface area contributed by atoms with E-state index in [4.69, 9.17) is 4.74 Å². The molecule has 39 heavy (non-hydrogen) atoms. The smallest absolute Gasteiger partial charge is 0.410 e. The topological polar surface area (TPSA) is 90.9 Å². The van der Waals surface area contributed by atoms with Crippen LogP contribution >= 0.6 is 0 Å². The van der Waals surface area contributed by atoms with Gasteiger partial charge in [0, 0.05) is 61.5 Å². The summed E-state index contributed by atoms with van der Waals surface area (Å²) >= 11 is 0. The van der Waals surface area contributed by atoms with Crippen molar-refractivity contribution >= 4 is 29.2 Å². The van der Waals surface area contributed by atoms with Gasteiger partial charge in [0.2, 0.25) is 5.91 Å². The van der Waals surface area contributed by atoms with Crippen molar-refractivity contribution in [3.05, 3.63) is 41.9 Å². The van der Waals surface area contributed by atoms with Crippen LogP contribution in [0.3, 0.4) is 0 Å². The number of carbonyl (C=O) groups excluding carboxylic acids is 2. The minimum Gasteiger partial charge on any atom is -0.444 e. The highest BCUT2D eigenvalue weighted by Gasteiger charge is 2.48. The van der Waals surface area contributed by atoms with Gasteiger partial charge in [0.1, 0.15) is 11.4 Å². The number of benzene rings is 1. The molecule has 1 aromatic heterocycles. The molecule has 2 aliphatic heterocycles. The van der Waals surface area contributed by atoms with Gasteiger partial charge in [-0.15, -0.1) is 0 Å². The second-order valence-electron chi connectivity index (χ2n) is 12.5. The van der Waals surface area contributed by atoms with Gasteiger partial charge in [-0.25, -0.2) is 9.78 Å². The van der Waals surface area contributed by atoms with Crippen LogP contribution in [0.15, 0.2) is 30.6 Å². The van der Waals surface area contributed by atoms with Gasteiger partial charge in [-0.1, -0.05) is 6.92 Å². The van der Waals surface area contributed by atoms with E-state index in [1.54, 1.807) is 19.3 Å². The molecule has 1 saturated heterocycles. The van der Waals surface area contributed by atoms with Crippen LogP contribution in [0.5, 0.6) is 0 Å². The Morgan fingerprint density at radius 3 is 2.41 bits per heavy atom. The Hall–Kier alpha value is -3.36. The van der Waals surface area contributed by atoms with E-state index in [0.29, 0.717) is 25.6 Å². The summed E-state index contributed by atoms with van der Waals surface area (Å²) in [6.45, 7) is 15.6. The lowest BCUT2D eigenvalue weighted by Crippen LogP contribution is -2.55. The van der Waals surface area contributed by atoms with E-state index in [2.05, 4.69) is 52.2 Å². The number of hydrogen-bond acceptors (Lipinski definition) is 7. The standard InChI is InChI=1S/C30H42N6O3/c1-18-15-32-26(16-31-18)33-27-20(3)28(22-8-9-22)36(21(4)37)25-11-10-23(14-24(25)27)34-12-13-35(19(2)17-34)29(38)39-30(5,6)7/h10-11,14-16,19-20,22,27-28H,8-9,12-13,17H2,1-7H3,(H,32,33)/t19-,20+,27+,28+/m0/s1. The fourth-order valence-electron chi connectivity index (χ4n) is 6.16. The molecule has 4 atom stereocenters. The van der Waals surface area contributed by atoms with E-state index in [0.717, 1.165) is 41.3 Å². The molecule has 2 fully saturated rings. The molecule has 2 aromatic rings. The zero-order chi connectivity index (χ0) is 28.1. The van der Waals surface area contributed by atoms with Gasteiger partial charge in [-0.05, 0) is 71.6 Å². The number of hydrogen-bond donors (Lipinski definition) is 1. The first-order valence-corrected chi connectivity index (χ1v) is 14.2. The zero-order valence-corrected chi connectivity index (χ0v) is 24.3. The molecule has 1 aliphatic carbocycles.